The van der Waals surface area contributed by atoms with Crippen molar-refractivity contribution < 1.29 is 41.5 Å². The van der Waals surface area contributed by atoms with Crippen molar-refractivity contribution in [2.45, 2.75) is 6.18 Å². The van der Waals surface area contributed by atoms with Gasteiger partial charge in [-0.05, 0) is 12.1 Å². The molecule has 8 nitrogen and oxygen atoms in total. The highest BCUT2D eigenvalue weighted by Gasteiger charge is 2.38. The smallest absolute Gasteiger partial charge is 0.475 e. The van der Waals surface area contributed by atoms with Gasteiger partial charge >= 0.3 is 12.1 Å². The van der Waals surface area contributed by atoms with Gasteiger partial charge in [-0.1, -0.05) is 17.3 Å². The molecule has 1 aliphatic heterocycles. The van der Waals surface area contributed by atoms with Gasteiger partial charge in [0.25, 0.3) is 5.91 Å². The molecule has 1 aliphatic rings. The number of nitrogens with zero attached hydrogens (tertiary/aromatic N) is 2. The van der Waals surface area contributed by atoms with Crippen molar-refractivity contribution in [3.63, 3.8) is 0 Å². The standard InChI is InChI=1S/C16H18FN3O3.C2HF3O2/c17-13-4-2-1-3-12(13)15-11-14(19-23-15)16(21)18-5-6-20-7-9-22-10-8-20;3-2(4,5)1(6)7/h1-4,11H,5-10H2,(H,18,21);(H,6,7). The second-order valence-electron chi connectivity index (χ2n) is 6.07. The summed E-state index contributed by atoms with van der Waals surface area (Å²) in [4.78, 5) is 23.2. The molecule has 1 aromatic carbocycles. The molecule has 0 bridgehead atoms. The first-order chi connectivity index (χ1) is 14.2. The molecule has 2 heterocycles. The highest BCUT2D eigenvalue weighted by atomic mass is 19.4. The van der Waals surface area contributed by atoms with Gasteiger partial charge in [0, 0.05) is 32.2 Å². The Hall–Kier alpha value is -2.99. The van der Waals surface area contributed by atoms with Crippen LogP contribution in [0.5, 0.6) is 0 Å². The lowest BCUT2D eigenvalue weighted by Crippen LogP contribution is -2.41. The lowest BCUT2D eigenvalue weighted by atomic mass is 10.1. The Labute approximate surface area is 168 Å². The number of morpholine rings is 1. The molecule has 0 radical (unpaired) electrons. The second kappa shape index (κ2) is 10.7. The van der Waals surface area contributed by atoms with Gasteiger partial charge in [0.15, 0.2) is 11.5 Å². The highest BCUT2D eigenvalue weighted by molar-refractivity contribution is 5.93. The summed E-state index contributed by atoms with van der Waals surface area (Å²) in [5.41, 5.74) is 0.428. The van der Waals surface area contributed by atoms with E-state index in [1.165, 1.54) is 12.1 Å². The predicted molar refractivity (Wildman–Crippen MR) is 95.2 cm³/mol. The molecule has 0 aliphatic carbocycles. The first-order valence-electron chi connectivity index (χ1n) is 8.78. The SMILES string of the molecule is O=C(NCCN1CCOCC1)c1cc(-c2ccccc2F)on1.O=C(O)C(F)(F)F. The van der Waals surface area contributed by atoms with Crippen molar-refractivity contribution in [2.24, 2.45) is 0 Å². The molecule has 0 atom stereocenters. The molecule has 2 aromatic rings. The van der Waals surface area contributed by atoms with E-state index < -0.39 is 18.0 Å². The largest absolute Gasteiger partial charge is 0.490 e. The van der Waals surface area contributed by atoms with E-state index in [2.05, 4.69) is 15.4 Å². The van der Waals surface area contributed by atoms with Gasteiger partial charge in [-0.3, -0.25) is 9.69 Å². The van der Waals surface area contributed by atoms with Crippen LogP contribution in [0.3, 0.4) is 0 Å². The Kier molecular flexibility index (Phi) is 8.30. The Morgan fingerprint density at radius 2 is 1.83 bits per heavy atom. The predicted octanol–water partition coefficient (Wildman–Crippen LogP) is 2.18. The number of ether oxygens (including phenoxy) is 1. The number of hydrogen-bond acceptors (Lipinski definition) is 6. The van der Waals surface area contributed by atoms with Crippen LogP contribution in [0.15, 0.2) is 34.9 Å². The number of hydrogen-bond donors (Lipinski definition) is 2. The van der Waals surface area contributed by atoms with Crippen LogP contribution < -0.4 is 5.32 Å². The minimum atomic E-state index is -5.08. The van der Waals surface area contributed by atoms with Gasteiger partial charge in [-0.25, -0.2) is 9.18 Å². The first kappa shape index (κ1) is 23.3. The number of halogens is 4. The van der Waals surface area contributed by atoms with Crippen LogP contribution in [0.1, 0.15) is 10.5 Å². The Morgan fingerprint density at radius 1 is 1.20 bits per heavy atom. The van der Waals surface area contributed by atoms with Crippen molar-refractivity contribution in [1.29, 1.82) is 0 Å². The van der Waals surface area contributed by atoms with Gasteiger partial charge in [0.1, 0.15) is 5.82 Å². The number of amides is 1. The van der Waals surface area contributed by atoms with E-state index in [0.29, 0.717) is 6.54 Å². The molecular weight excluding hydrogens is 414 g/mol. The normalized spacial score (nSPS) is 14.5. The van der Waals surface area contributed by atoms with E-state index in [1.807, 2.05) is 0 Å². The minimum Gasteiger partial charge on any atom is -0.475 e. The fourth-order valence-corrected chi connectivity index (χ4v) is 2.41. The number of nitrogens with one attached hydrogen (secondary N) is 1. The van der Waals surface area contributed by atoms with E-state index in [-0.39, 0.29) is 22.9 Å². The molecule has 0 spiro atoms. The molecule has 0 saturated carbocycles. The third-order valence-electron chi connectivity index (χ3n) is 3.94. The number of carbonyl (C=O) groups is 2. The zero-order valence-electron chi connectivity index (χ0n) is 15.6. The van der Waals surface area contributed by atoms with Crippen LogP contribution >= 0.6 is 0 Å². The van der Waals surface area contributed by atoms with E-state index in [0.717, 1.165) is 32.8 Å². The second-order valence-corrected chi connectivity index (χ2v) is 6.07. The number of aromatic nitrogens is 1. The van der Waals surface area contributed by atoms with Gasteiger partial charge in [-0.2, -0.15) is 13.2 Å². The maximum Gasteiger partial charge on any atom is 0.490 e. The van der Waals surface area contributed by atoms with Crippen molar-refractivity contribution in [2.75, 3.05) is 39.4 Å². The zero-order valence-corrected chi connectivity index (χ0v) is 15.6. The van der Waals surface area contributed by atoms with Crippen LogP contribution in [0.4, 0.5) is 17.6 Å². The molecular formula is C18H19F4N3O5. The molecule has 0 unspecified atom stereocenters. The number of carbonyl (C=O) groups excluding carboxylic acids is 1. The summed E-state index contributed by atoms with van der Waals surface area (Å²) in [6.07, 6.45) is -5.08. The fraction of sp³-hybridized carbons (Fsp3) is 0.389. The number of carboxylic acids is 1. The van der Waals surface area contributed by atoms with Crippen molar-refractivity contribution in [3.05, 3.63) is 41.8 Å². The molecule has 12 heteroatoms. The number of carboxylic acid groups (broad SMARTS) is 1. The quantitative estimate of drug-likeness (QED) is 0.697. The Bertz CT molecular complexity index is 850. The number of alkyl halides is 3. The Balaban J connectivity index is 0.000000396. The van der Waals surface area contributed by atoms with Gasteiger partial charge < -0.3 is 19.7 Å². The van der Waals surface area contributed by atoms with E-state index in [9.17, 15) is 22.4 Å². The Morgan fingerprint density at radius 3 is 2.43 bits per heavy atom. The third kappa shape index (κ3) is 7.12. The molecule has 1 saturated heterocycles. The molecule has 3 rings (SSSR count). The van der Waals surface area contributed by atoms with Crippen molar-refractivity contribution in [3.8, 4) is 11.3 Å². The number of benzene rings is 1. The van der Waals surface area contributed by atoms with Gasteiger partial charge in [0.05, 0.1) is 18.8 Å². The van der Waals surface area contributed by atoms with Crippen molar-refractivity contribution >= 4 is 11.9 Å². The maximum absolute atomic E-state index is 13.7. The lowest BCUT2D eigenvalue weighted by molar-refractivity contribution is -0.192. The molecule has 2 N–H and O–H groups in total. The number of aliphatic carboxylic acids is 1. The van der Waals surface area contributed by atoms with Gasteiger partial charge in [-0.15, -0.1) is 0 Å². The summed E-state index contributed by atoms with van der Waals surface area (Å²) in [6.45, 7) is 4.47. The van der Waals surface area contributed by atoms with E-state index >= 15 is 0 Å². The summed E-state index contributed by atoms with van der Waals surface area (Å²) in [6, 6.07) is 7.65. The summed E-state index contributed by atoms with van der Waals surface area (Å²) in [5.74, 6) is -3.26. The fourth-order valence-electron chi connectivity index (χ4n) is 2.41. The highest BCUT2D eigenvalue weighted by Crippen LogP contribution is 2.23. The van der Waals surface area contributed by atoms with Gasteiger partial charge in [0.2, 0.25) is 0 Å². The molecule has 1 amide bonds. The average molecular weight is 433 g/mol. The average Bonchev–Trinajstić information content (AvgIpc) is 3.19. The van der Waals surface area contributed by atoms with Crippen LogP contribution in [-0.4, -0.2) is 72.6 Å². The third-order valence-corrected chi connectivity index (χ3v) is 3.94. The van der Waals surface area contributed by atoms with E-state index in [1.54, 1.807) is 18.2 Å². The first-order valence-corrected chi connectivity index (χ1v) is 8.78. The summed E-state index contributed by atoms with van der Waals surface area (Å²) in [7, 11) is 0. The number of rotatable bonds is 5. The summed E-state index contributed by atoms with van der Waals surface area (Å²) >= 11 is 0. The topological polar surface area (TPSA) is 105 Å². The minimum absolute atomic E-state index is 0.144. The maximum atomic E-state index is 13.7. The van der Waals surface area contributed by atoms with Crippen molar-refractivity contribution in [1.82, 2.24) is 15.4 Å². The summed E-state index contributed by atoms with van der Waals surface area (Å²) < 4.78 is 55.8. The zero-order chi connectivity index (χ0) is 22.1. The molecule has 30 heavy (non-hydrogen) atoms. The van der Waals surface area contributed by atoms with E-state index in [4.69, 9.17) is 19.2 Å². The van der Waals surface area contributed by atoms with Crippen LogP contribution in [0.2, 0.25) is 0 Å². The summed E-state index contributed by atoms with van der Waals surface area (Å²) in [5, 5.41) is 13.6. The van der Waals surface area contributed by atoms with Crippen LogP contribution in [0, 0.1) is 5.82 Å². The lowest BCUT2D eigenvalue weighted by Gasteiger charge is -2.26. The van der Waals surface area contributed by atoms with Crippen LogP contribution in [-0.2, 0) is 9.53 Å². The molecule has 1 aromatic heterocycles. The monoisotopic (exact) mass is 433 g/mol. The molecule has 164 valence electrons. The van der Waals surface area contributed by atoms with Crippen LogP contribution in [0.25, 0.3) is 11.3 Å². The molecule has 1 fully saturated rings.